The zero-order chi connectivity index (χ0) is 10.7. The highest BCUT2D eigenvalue weighted by molar-refractivity contribution is 8.00. The molecule has 14 heavy (non-hydrogen) atoms. The van der Waals surface area contributed by atoms with Gasteiger partial charge in [0.05, 0.1) is 5.92 Å². The number of carbonyl (C=O) groups is 2. The fourth-order valence-corrected chi connectivity index (χ4v) is 2.38. The van der Waals surface area contributed by atoms with Gasteiger partial charge in [-0.25, -0.2) is 0 Å². The Balaban J connectivity index is 2.51. The first kappa shape index (κ1) is 11.4. The Morgan fingerprint density at radius 3 is 2.64 bits per heavy atom. The molecule has 0 bridgehead atoms. The van der Waals surface area contributed by atoms with E-state index in [1.807, 2.05) is 0 Å². The van der Waals surface area contributed by atoms with Crippen molar-refractivity contribution in [3.8, 4) is 0 Å². The Morgan fingerprint density at radius 2 is 2.14 bits per heavy atom. The molecule has 0 aliphatic carbocycles. The largest absolute Gasteiger partial charge is 0.480 e. The molecule has 1 aliphatic rings. The smallest absolute Gasteiger partial charge is 0.320 e. The Bertz CT molecular complexity index is 239. The summed E-state index contributed by atoms with van der Waals surface area (Å²) in [4.78, 5) is 22.0. The van der Waals surface area contributed by atoms with Gasteiger partial charge in [0.25, 0.3) is 0 Å². The van der Waals surface area contributed by atoms with E-state index in [-0.39, 0.29) is 11.9 Å². The molecular formula is C9H14O4S. The van der Waals surface area contributed by atoms with Gasteiger partial charge in [-0.05, 0) is 12.2 Å². The number of hydrogen-bond donors (Lipinski definition) is 1. The minimum atomic E-state index is -0.894. The molecule has 0 radical (unpaired) electrons. The summed E-state index contributed by atoms with van der Waals surface area (Å²) in [5, 5.41) is 8.24. The Morgan fingerprint density at radius 1 is 1.50 bits per heavy atom. The van der Waals surface area contributed by atoms with Gasteiger partial charge in [0.1, 0.15) is 11.4 Å². The zero-order valence-electron chi connectivity index (χ0n) is 8.23. The SMILES string of the molecule is CC(C)C(=O)OC1CCSC1C(=O)O. The Hall–Kier alpha value is -0.710. The summed E-state index contributed by atoms with van der Waals surface area (Å²) < 4.78 is 5.11. The third kappa shape index (κ3) is 2.64. The average Bonchev–Trinajstić information content (AvgIpc) is 2.52. The Kier molecular flexibility index (Phi) is 3.80. The van der Waals surface area contributed by atoms with E-state index in [0.717, 1.165) is 5.75 Å². The normalized spacial score (nSPS) is 26.5. The lowest BCUT2D eigenvalue weighted by Gasteiger charge is -2.17. The summed E-state index contributed by atoms with van der Waals surface area (Å²) in [6.07, 6.45) is 0.187. The summed E-state index contributed by atoms with van der Waals surface area (Å²) in [6, 6.07) is 0. The third-order valence-electron chi connectivity index (χ3n) is 2.02. The second-order valence-electron chi connectivity index (χ2n) is 3.55. The summed E-state index contributed by atoms with van der Waals surface area (Å²) in [5.41, 5.74) is 0. The highest BCUT2D eigenvalue weighted by atomic mass is 32.2. The second-order valence-corrected chi connectivity index (χ2v) is 4.80. The van der Waals surface area contributed by atoms with E-state index in [1.54, 1.807) is 13.8 Å². The number of ether oxygens (including phenoxy) is 1. The average molecular weight is 218 g/mol. The van der Waals surface area contributed by atoms with Crippen molar-refractivity contribution in [3.05, 3.63) is 0 Å². The first-order valence-electron chi connectivity index (χ1n) is 4.57. The quantitative estimate of drug-likeness (QED) is 0.720. The van der Waals surface area contributed by atoms with Crippen LogP contribution < -0.4 is 0 Å². The van der Waals surface area contributed by atoms with Crippen molar-refractivity contribution in [1.29, 1.82) is 0 Å². The van der Waals surface area contributed by atoms with E-state index in [0.29, 0.717) is 6.42 Å². The molecule has 0 saturated carbocycles. The topological polar surface area (TPSA) is 63.6 Å². The highest BCUT2D eigenvalue weighted by Crippen LogP contribution is 2.29. The van der Waals surface area contributed by atoms with Crippen molar-refractivity contribution < 1.29 is 19.4 Å². The van der Waals surface area contributed by atoms with Gasteiger partial charge in [-0.1, -0.05) is 13.8 Å². The second kappa shape index (κ2) is 4.68. The van der Waals surface area contributed by atoms with E-state index in [4.69, 9.17) is 9.84 Å². The molecule has 80 valence electrons. The molecule has 1 saturated heterocycles. The summed E-state index contributed by atoms with van der Waals surface area (Å²) >= 11 is 1.34. The van der Waals surface area contributed by atoms with Crippen molar-refractivity contribution in [1.82, 2.24) is 0 Å². The van der Waals surface area contributed by atoms with Crippen LogP contribution in [0.25, 0.3) is 0 Å². The molecule has 0 aromatic heterocycles. The van der Waals surface area contributed by atoms with Crippen LogP contribution in [0.2, 0.25) is 0 Å². The molecule has 1 N–H and O–H groups in total. The molecule has 2 atom stereocenters. The fraction of sp³-hybridized carbons (Fsp3) is 0.778. The van der Waals surface area contributed by atoms with E-state index in [1.165, 1.54) is 11.8 Å². The number of rotatable bonds is 3. The summed E-state index contributed by atoms with van der Waals surface area (Å²) in [7, 11) is 0. The first-order valence-corrected chi connectivity index (χ1v) is 5.62. The lowest BCUT2D eigenvalue weighted by atomic mass is 10.2. The van der Waals surface area contributed by atoms with Crippen molar-refractivity contribution >= 4 is 23.7 Å². The van der Waals surface area contributed by atoms with Crippen LogP contribution >= 0.6 is 11.8 Å². The van der Waals surface area contributed by atoms with E-state index in [9.17, 15) is 9.59 Å². The van der Waals surface area contributed by atoms with Gasteiger partial charge < -0.3 is 9.84 Å². The van der Waals surface area contributed by atoms with Gasteiger partial charge in [-0.15, -0.1) is 11.8 Å². The standard InChI is InChI=1S/C9H14O4S/c1-5(2)9(12)13-6-3-4-14-7(6)8(10)11/h5-7H,3-4H2,1-2H3,(H,10,11). The van der Waals surface area contributed by atoms with Crippen LogP contribution in [0, 0.1) is 5.92 Å². The van der Waals surface area contributed by atoms with E-state index >= 15 is 0 Å². The van der Waals surface area contributed by atoms with Gasteiger partial charge in [0.15, 0.2) is 0 Å². The van der Waals surface area contributed by atoms with Crippen LogP contribution in [-0.2, 0) is 14.3 Å². The molecule has 4 nitrogen and oxygen atoms in total. The number of hydrogen-bond acceptors (Lipinski definition) is 4. The molecule has 1 aliphatic heterocycles. The van der Waals surface area contributed by atoms with Crippen molar-refractivity contribution in [2.45, 2.75) is 31.6 Å². The van der Waals surface area contributed by atoms with Crippen LogP contribution in [0.15, 0.2) is 0 Å². The molecule has 1 rings (SSSR count). The summed E-state index contributed by atoms with van der Waals surface area (Å²) in [6.45, 7) is 3.47. The maximum atomic E-state index is 11.2. The first-order chi connectivity index (χ1) is 6.52. The number of aliphatic carboxylic acids is 1. The van der Waals surface area contributed by atoms with Gasteiger partial charge in [-0.2, -0.15) is 0 Å². The number of esters is 1. The van der Waals surface area contributed by atoms with Crippen LogP contribution in [0.3, 0.4) is 0 Å². The molecule has 1 heterocycles. The van der Waals surface area contributed by atoms with Crippen molar-refractivity contribution in [2.24, 2.45) is 5.92 Å². The van der Waals surface area contributed by atoms with E-state index < -0.39 is 17.3 Å². The molecule has 0 aromatic carbocycles. The fourth-order valence-electron chi connectivity index (χ4n) is 1.21. The number of carboxylic acids is 1. The molecule has 1 fully saturated rings. The predicted octanol–water partition coefficient (Wildman–Crippen LogP) is 1.14. The van der Waals surface area contributed by atoms with E-state index in [2.05, 4.69) is 0 Å². The van der Waals surface area contributed by atoms with Crippen molar-refractivity contribution in [2.75, 3.05) is 5.75 Å². The molecular weight excluding hydrogens is 204 g/mol. The predicted molar refractivity (Wildman–Crippen MR) is 53.2 cm³/mol. The summed E-state index contributed by atoms with van der Waals surface area (Å²) in [5.74, 6) is -0.666. The molecule has 0 amide bonds. The monoisotopic (exact) mass is 218 g/mol. The Labute approximate surface area is 87.0 Å². The maximum Gasteiger partial charge on any atom is 0.320 e. The number of carbonyl (C=O) groups excluding carboxylic acids is 1. The molecule has 5 heteroatoms. The van der Waals surface area contributed by atoms with Gasteiger partial charge >= 0.3 is 11.9 Å². The van der Waals surface area contributed by atoms with Gasteiger partial charge in [0, 0.05) is 0 Å². The third-order valence-corrected chi connectivity index (χ3v) is 3.36. The van der Waals surface area contributed by atoms with Crippen LogP contribution in [0.1, 0.15) is 20.3 Å². The lowest BCUT2D eigenvalue weighted by Crippen LogP contribution is -2.32. The zero-order valence-corrected chi connectivity index (χ0v) is 9.04. The molecule has 2 unspecified atom stereocenters. The van der Waals surface area contributed by atoms with Gasteiger partial charge in [0.2, 0.25) is 0 Å². The van der Waals surface area contributed by atoms with Crippen LogP contribution in [0.4, 0.5) is 0 Å². The molecule has 0 spiro atoms. The lowest BCUT2D eigenvalue weighted by molar-refractivity contribution is -0.155. The number of carboxylic acid groups (broad SMARTS) is 1. The van der Waals surface area contributed by atoms with Gasteiger partial charge in [-0.3, -0.25) is 9.59 Å². The number of thioether (sulfide) groups is 1. The minimum absolute atomic E-state index is 0.199. The van der Waals surface area contributed by atoms with Crippen LogP contribution in [0.5, 0.6) is 0 Å². The maximum absolute atomic E-state index is 11.2. The van der Waals surface area contributed by atoms with Crippen molar-refractivity contribution in [3.63, 3.8) is 0 Å². The highest BCUT2D eigenvalue weighted by Gasteiger charge is 2.36. The van der Waals surface area contributed by atoms with Crippen LogP contribution in [-0.4, -0.2) is 34.2 Å². The minimum Gasteiger partial charge on any atom is -0.480 e. The molecule has 0 aromatic rings.